The van der Waals surface area contributed by atoms with E-state index < -0.39 is 41.1 Å². The Morgan fingerprint density at radius 2 is 1.62 bits per heavy atom. The summed E-state index contributed by atoms with van der Waals surface area (Å²) in [5.41, 5.74) is 1.35. The van der Waals surface area contributed by atoms with Crippen LogP contribution >= 0.6 is 0 Å². The van der Waals surface area contributed by atoms with Crippen LogP contribution in [0.4, 0.5) is 15.3 Å². The van der Waals surface area contributed by atoms with Gasteiger partial charge in [0.05, 0.1) is 16.9 Å². The molecule has 0 spiro atoms. The number of carbonyl (C=O) groups is 3. The molecule has 5 rings (SSSR count). The molecule has 2 saturated heterocycles. The van der Waals surface area contributed by atoms with Crippen LogP contribution < -0.4 is 4.74 Å². The maximum atomic E-state index is 13.2. The van der Waals surface area contributed by atoms with Gasteiger partial charge in [-0.15, -0.1) is 0 Å². The predicted octanol–water partition coefficient (Wildman–Crippen LogP) is 4.79. The zero-order valence-corrected chi connectivity index (χ0v) is 19.4. The number of likely N-dealkylation sites (tertiary alicyclic amines) is 1. The first-order valence-electron chi connectivity index (χ1n) is 11.5. The number of non-ortho nitro benzene ring substituents is 1. The van der Waals surface area contributed by atoms with E-state index in [1.807, 2.05) is 30.3 Å². The lowest BCUT2D eigenvalue weighted by Gasteiger charge is -2.48. The van der Waals surface area contributed by atoms with Crippen molar-refractivity contribution in [3.05, 3.63) is 112 Å². The van der Waals surface area contributed by atoms with Crippen LogP contribution in [0, 0.1) is 16.0 Å². The van der Waals surface area contributed by atoms with Gasteiger partial charge in [0.1, 0.15) is 18.5 Å². The Morgan fingerprint density at radius 3 is 2.27 bits per heavy atom. The van der Waals surface area contributed by atoms with Crippen LogP contribution in [0.25, 0.3) is 6.08 Å². The largest absolute Gasteiger partial charge is 0.447 e. The molecule has 2 aliphatic rings. The number of para-hydroxylation sites is 1. The molecule has 10 nitrogen and oxygen atoms in total. The van der Waals surface area contributed by atoms with Crippen LogP contribution in [0.5, 0.6) is 5.75 Å². The Hall–Kier alpha value is -4.99. The minimum atomic E-state index is -0.988. The summed E-state index contributed by atoms with van der Waals surface area (Å²) in [6.45, 7) is 0.0634. The summed E-state index contributed by atoms with van der Waals surface area (Å²) in [4.78, 5) is 51.8. The molecule has 3 amide bonds. The third-order valence-electron chi connectivity index (χ3n) is 6.23. The normalized spacial score (nSPS) is 21.0. The maximum absolute atomic E-state index is 13.2. The second-order valence-corrected chi connectivity index (χ2v) is 8.45. The van der Waals surface area contributed by atoms with Gasteiger partial charge in [0.15, 0.2) is 0 Å². The fraction of sp³-hybridized carbons (Fsp3) is 0.148. The number of ether oxygens (including phenoxy) is 2. The first-order chi connectivity index (χ1) is 17.9. The molecule has 2 aliphatic heterocycles. The first-order valence-corrected chi connectivity index (χ1v) is 11.5. The van der Waals surface area contributed by atoms with Crippen LogP contribution in [0.2, 0.25) is 0 Å². The zero-order chi connectivity index (χ0) is 25.9. The van der Waals surface area contributed by atoms with E-state index in [2.05, 4.69) is 0 Å². The van der Waals surface area contributed by atoms with Gasteiger partial charge in [-0.05, 0) is 35.4 Å². The Bertz CT molecular complexity index is 1360. The number of β-lactam (4-membered cyclic amide) rings is 1. The molecular formula is C27H21N3O7. The highest BCUT2D eigenvalue weighted by molar-refractivity contribution is 6.02. The number of benzene rings is 3. The van der Waals surface area contributed by atoms with Gasteiger partial charge in [-0.1, -0.05) is 60.7 Å². The van der Waals surface area contributed by atoms with Crippen molar-refractivity contribution in [3.63, 3.8) is 0 Å². The molecule has 2 fully saturated rings. The van der Waals surface area contributed by atoms with E-state index in [1.54, 1.807) is 54.6 Å². The molecule has 3 atom stereocenters. The van der Waals surface area contributed by atoms with Gasteiger partial charge in [-0.3, -0.25) is 19.8 Å². The van der Waals surface area contributed by atoms with E-state index in [9.17, 15) is 24.5 Å². The number of imide groups is 1. The lowest BCUT2D eigenvalue weighted by Crippen LogP contribution is -2.69. The number of carbonyl (C=O) groups excluding carboxylic acids is 3. The summed E-state index contributed by atoms with van der Waals surface area (Å²) in [5, 5.41) is 10.9. The monoisotopic (exact) mass is 499 g/mol. The van der Waals surface area contributed by atoms with Crippen LogP contribution in [0.15, 0.2) is 91.0 Å². The van der Waals surface area contributed by atoms with Crippen LogP contribution in [-0.2, 0) is 9.53 Å². The summed E-state index contributed by atoms with van der Waals surface area (Å²) in [6, 6.07) is 22.8. The van der Waals surface area contributed by atoms with Crippen molar-refractivity contribution in [3.8, 4) is 5.75 Å². The average Bonchev–Trinajstić information content (AvgIpc) is 3.28. The molecule has 0 radical (unpaired) electrons. The number of amides is 3. The zero-order valence-electron chi connectivity index (χ0n) is 19.4. The van der Waals surface area contributed by atoms with E-state index >= 15 is 0 Å². The van der Waals surface area contributed by atoms with E-state index in [4.69, 9.17) is 9.47 Å². The van der Waals surface area contributed by atoms with Crippen molar-refractivity contribution in [1.29, 1.82) is 0 Å². The smallest absolute Gasteiger partial charge is 0.423 e. The molecule has 0 bridgehead atoms. The number of cyclic esters (lactones) is 1. The number of hydrogen-bond donors (Lipinski definition) is 0. The highest BCUT2D eigenvalue weighted by atomic mass is 16.6. The molecule has 1 unspecified atom stereocenters. The molecule has 2 heterocycles. The third kappa shape index (κ3) is 4.64. The number of rotatable bonds is 6. The standard InChI is InChI=1S/C27H21N3O7/c31-25-22(16-13-18-11-14-20(15-12-18)30(34)35)24(29(25)27(33)37-21-9-5-2-6-10-21)28-23(17-36-26(28)32)19-7-3-1-4-8-19/h1-16,22-24H,17H2/t22-,23?,24-/m1/s1. The van der Waals surface area contributed by atoms with Crippen molar-refractivity contribution in [2.75, 3.05) is 6.61 Å². The van der Waals surface area contributed by atoms with Crippen molar-refractivity contribution >= 4 is 29.9 Å². The fourth-order valence-corrected chi connectivity index (χ4v) is 4.39. The van der Waals surface area contributed by atoms with Gasteiger partial charge in [-0.2, -0.15) is 0 Å². The number of nitro benzene ring substituents is 1. The van der Waals surface area contributed by atoms with E-state index in [1.165, 1.54) is 17.0 Å². The molecule has 0 aliphatic carbocycles. The van der Waals surface area contributed by atoms with Gasteiger partial charge in [0.25, 0.3) is 5.69 Å². The summed E-state index contributed by atoms with van der Waals surface area (Å²) in [6.07, 6.45) is 0.648. The summed E-state index contributed by atoms with van der Waals surface area (Å²) >= 11 is 0. The van der Waals surface area contributed by atoms with Gasteiger partial charge >= 0.3 is 12.2 Å². The lowest BCUT2D eigenvalue weighted by molar-refractivity contribution is -0.384. The second-order valence-electron chi connectivity index (χ2n) is 8.45. The Morgan fingerprint density at radius 1 is 0.973 bits per heavy atom. The van der Waals surface area contributed by atoms with Crippen molar-refractivity contribution in [1.82, 2.24) is 9.80 Å². The Labute approximate surface area is 211 Å². The van der Waals surface area contributed by atoms with Crippen molar-refractivity contribution < 1.29 is 28.8 Å². The highest BCUT2D eigenvalue weighted by Gasteiger charge is 2.58. The SMILES string of the molecule is O=C(Oc1ccccc1)N1C(=O)[C@H](C=Cc2ccc([N+](=O)[O-])cc2)[C@@H]1N1C(=O)OCC1c1ccccc1. The molecule has 0 saturated carbocycles. The van der Waals surface area contributed by atoms with Gasteiger partial charge in [-0.25, -0.2) is 14.5 Å². The van der Waals surface area contributed by atoms with E-state index in [0.717, 1.165) is 10.5 Å². The quantitative estimate of drug-likeness (QED) is 0.272. The fourth-order valence-electron chi connectivity index (χ4n) is 4.39. The van der Waals surface area contributed by atoms with Crippen LogP contribution in [-0.4, -0.2) is 45.6 Å². The third-order valence-corrected chi connectivity index (χ3v) is 6.23. The molecule has 10 heteroatoms. The summed E-state index contributed by atoms with van der Waals surface area (Å²) in [7, 11) is 0. The molecule has 37 heavy (non-hydrogen) atoms. The molecular weight excluding hydrogens is 478 g/mol. The maximum Gasteiger partial charge on any atom is 0.423 e. The molecule has 3 aromatic rings. The number of nitrogens with zero attached hydrogens (tertiary/aromatic N) is 3. The predicted molar refractivity (Wildman–Crippen MR) is 131 cm³/mol. The Balaban J connectivity index is 1.46. The molecule has 3 aromatic carbocycles. The summed E-state index contributed by atoms with van der Waals surface area (Å²) < 4.78 is 10.7. The number of hydrogen-bond acceptors (Lipinski definition) is 7. The van der Waals surface area contributed by atoms with Crippen LogP contribution in [0.3, 0.4) is 0 Å². The van der Waals surface area contributed by atoms with Crippen molar-refractivity contribution in [2.24, 2.45) is 5.92 Å². The van der Waals surface area contributed by atoms with Gasteiger partial charge < -0.3 is 9.47 Å². The molecule has 0 N–H and O–H groups in total. The van der Waals surface area contributed by atoms with E-state index in [0.29, 0.717) is 5.56 Å². The summed E-state index contributed by atoms with van der Waals surface area (Å²) in [5.74, 6) is -1.15. The Kier molecular flexibility index (Phi) is 6.38. The minimum absolute atomic E-state index is 0.0601. The van der Waals surface area contributed by atoms with E-state index in [-0.39, 0.29) is 18.0 Å². The van der Waals surface area contributed by atoms with Gasteiger partial charge in [0, 0.05) is 12.1 Å². The lowest BCUT2D eigenvalue weighted by atomic mass is 9.90. The molecule has 0 aromatic heterocycles. The number of nitro groups is 1. The minimum Gasteiger partial charge on any atom is -0.447 e. The van der Waals surface area contributed by atoms with Crippen molar-refractivity contribution in [2.45, 2.75) is 12.2 Å². The van der Waals surface area contributed by atoms with Gasteiger partial charge in [0.2, 0.25) is 5.91 Å². The topological polar surface area (TPSA) is 119 Å². The first kappa shape index (κ1) is 23.7. The highest BCUT2D eigenvalue weighted by Crippen LogP contribution is 2.40. The average molecular weight is 499 g/mol. The second kappa shape index (κ2) is 9.94. The van der Waals surface area contributed by atoms with Crippen LogP contribution in [0.1, 0.15) is 17.2 Å². The molecule has 186 valence electrons.